The predicted octanol–water partition coefficient (Wildman–Crippen LogP) is 2.14. The first-order valence-electron chi connectivity index (χ1n) is 7.93. The smallest absolute Gasteiger partial charge is 0.249 e. The van der Waals surface area contributed by atoms with Crippen LogP contribution in [0.3, 0.4) is 0 Å². The minimum atomic E-state index is -0.314. The van der Waals surface area contributed by atoms with Gasteiger partial charge in [-0.3, -0.25) is 9.59 Å². The van der Waals surface area contributed by atoms with E-state index in [2.05, 4.69) is 18.9 Å². The number of anilines is 1. The third-order valence-electron chi connectivity index (χ3n) is 3.91. The van der Waals surface area contributed by atoms with Crippen molar-refractivity contribution < 1.29 is 0 Å². The molecule has 1 aromatic rings. The molecule has 0 atom stereocenters. The quantitative estimate of drug-likeness (QED) is 0.544. The van der Waals surface area contributed by atoms with Crippen LogP contribution in [0.5, 0.6) is 0 Å². The van der Waals surface area contributed by atoms with Gasteiger partial charge >= 0.3 is 0 Å². The van der Waals surface area contributed by atoms with Crippen molar-refractivity contribution in [1.29, 1.82) is 0 Å². The van der Waals surface area contributed by atoms with Gasteiger partial charge in [-0.2, -0.15) is 0 Å². The molecule has 0 spiro atoms. The fourth-order valence-electron chi connectivity index (χ4n) is 2.78. The molecule has 0 radical (unpaired) electrons. The molecule has 0 saturated carbocycles. The lowest BCUT2D eigenvalue weighted by atomic mass is 9.82. The van der Waals surface area contributed by atoms with Crippen molar-refractivity contribution in [3.05, 3.63) is 26.0 Å². The lowest BCUT2D eigenvalue weighted by molar-refractivity contribution is 0.327. The normalized spacial score (nSPS) is 12.3. The van der Waals surface area contributed by atoms with E-state index in [0.717, 1.165) is 32.5 Å². The Bertz CT molecular complexity index is 521. The Morgan fingerprint density at radius 1 is 0.905 bits per heavy atom. The second-order valence-corrected chi connectivity index (χ2v) is 7.06. The van der Waals surface area contributed by atoms with Crippen LogP contribution in [0.15, 0.2) is 9.59 Å². The summed E-state index contributed by atoms with van der Waals surface area (Å²) < 4.78 is 0. The first kappa shape index (κ1) is 17.9. The van der Waals surface area contributed by atoms with Crippen molar-refractivity contribution in [3.63, 3.8) is 0 Å². The molecular weight excluding hydrogens is 264 g/mol. The zero-order valence-electron chi connectivity index (χ0n) is 14.5. The highest BCUT2D eigenvalue weighted by molar-refractivity contribution is 5.60. The summed E-state index contributed by atoms with van der Waals surface area (Å²) >= 11 is 0. The van der Waals surface area contributed by atoms with Crippen molar-refractivity contribution in [2.45, 2.75) is 52.4 Å². The maximum absolute atomic E-state index is 11.8. The topological polar surface area (TPSA) is 40.6 Å². The van der Waals surface area contributed by atoms with Crippen LogP contribution in [0.25, 0.3) is 0 Å². The van der Waals surface area contributed by atoms with E-state index >= 15 is 0 Å². The van der Waals surface area contributed by atoms with Gasteiger partial charge in [0, 0.05) is 19.2 Å². The average Bonchev–Trinajstić information content (AvgIpc) is 2.38. The third-order valence-corrected chi connectivity index (χ3v) is 3.91. The molecule has 0 heterocycles. The number of nitrogens with zero attached hydrogens (tertiary/aromatic N) is 2. The van der Waals surface area contributed by atoms with Crippen LogP contribution in [-0.4, -0.2) is 38.6 Å². The molecule has 0 aromatic heterocycles. The van der Waals surface area contributed by atoms with Crippen molar-refractivity contribution >= 4 is 5.69 Å². The average molecular weight is 294 g/mol. The number of unbranched alkanes of at least 4 members (excludes halogenated alkanes) is 1. The van der Waals surface area contributed by atoms with Crippen LogP contribution < -0.4 is 15.8 Å². The van der Waals surface area contributed by atoms with Gasteiger partial charge in [-0.15, -0.1) is 0 Å². The molecule has 0 fully saturated rings. The van der Waals surface area contributed by atoms with E-state index in [-0.39, 0.29) is 16.3 Å². The van der Waals surface area contributed by atoms with Gasteiger partial charge in [0.15, 0.2) is 0 Å². The number of hydrogen-bond acceptors (Lipinski definition) is 4. The third kappa shape index (κ3) is 4.40. The SMILES string of the molecule is CCCN(C)CCCCN(C)c1c(C(C)(C)C)c(=O)c1=O. The zero-order valence-corrected chi connectivity index (χ0v) is 14.5. The summed E-state index contributed by atoms with van der Waals surface area (Å²) in [6, 6.07) is 0. The Labute approximate surface area is 128 Å². The predicted molar refractivity (Wildman–Crippen MR) is 90.3 cm³/mol. The van der Waals surface area contributed by atoms with Gasteiger partial charge in [-0.25, -0.2) is 0 Å². The molecule has 0 saturated heterocycles. The van der Waals surface area contributed by atoms with Gasteiger partial charge in [-0.1, -0.05) is 27.7 Å². The standard InChI is InChI=1S/C17H30N2O2/c1-7-10-18(5)11-8-9-12-19(6)14-13(17(2,3)4)15(20)16(14)21/h7-12H2,1-6H3. The molecule has 0 amide bonds. The molecule has 0 aliphatic rings. The van der Waals surface area contributed by atoms with Crippen LogP contribution in [0.1, 0.15) is 52.5 Å². The van der Waals surface area contributed by atoms with Gasteiger partial charge in [0.1, 0.15) is 0 Å². The molecule has 1 aromatic carbocycles. The molecule has 0 unspecified atom stereocenters. The lowest BCUT2D eigenvalue weighted by Gasteiger charge is -2.29. The van der Waals surface area contributed by atoms with Crippen molar-refractivity contribution in [2.75, 3.05) is 38.6 Å². The lowest BCUT2D eigenvalue weighted by Crippen LogP contribution is -2.46. The fourth-order valence-corrected chi connectivity index (χ4v) is 2.78. The van der Waals surface area contributed by atoms with Crippen LogP contribution in [0.2, 0.25) is 0 Å². The minimum Gasteiger partial charge on any atom is -0.371 e. The zero-order chi connectivity index (χ0) is 16.2. The van der Waals surface area contributed by atoms with Crippen molar-refractivity contribution in [3.8, 4) is 0 Å². The van der Waals surface area contributed by atoms with Crippen molar-refractivity contribution in [1.82, 2.24) is 4.90 Å². The van der Waals surface area contributed by atoms with Crippen LogP contribution in [0.4, 0.5) is 5.69 Å². The van der Waals surface area contributed by atoms with E-state index in [1.54, 1.807) is 0 Å². The van der Waals surface area contributed by atoms with Crippen molar-refractivity contribution in [2.24, 2.45) is 0 Å². The van der Waals surface area contributed by atoms with Gasteiger partial charge in [0.2, 0.25) is 10.9 Å². The Kier molecular flexibility index (Phi) is 6.14. The summed E-state index contributed by atoms with van der Waals surface area (Å²) in [5.41, 5.74) is 0.459. The second kappa shape index (κ2) is 7.21. The van der Waals surface area contributed by atoms with Crippen LogP contribution >= 0.6 is 0 Å². The number of rotatable bonds is 8. The summed E-state index contributed by atoms with van der Waals surface area (Å²) in [6.07, 6.45) is 3.32. The Morgan fingerprint density at radius 3 is 2.00 bits per heavy atom. The van der Waals surface area contributed by atoms with Crippen LogP contribution in [0, 0.1) is 0 Å². The summed E-state index contributed by atoms with van der Waals surface area (Å²) in [4.78, 5) is 27.9. The Balaban J connectivity index is 2.54. The van der Waals surface area contributed by atoms with Gasteiger partial charge in [-0.05, 0) is 44.8 Å². The molecule has 0 N–H and O–H groups in total. The van der Waals surface area contributed by atoms with E-state index < -0.39 is 0 Å². The minimum absolute atomic E-state index is 0.254. The highest BCUT2D eigenvalue weighted by atomic mass is 16.2. The molecule has 21 heavy (non-hydrogen) atoms. The van der Waals surface area contributed by atoms with E-state index in [0.29, 0.717) is 11.3 Å². The van der Waals surface area contributed by atoms with E-state index in [9.17, 15) is 9.59 Å². The number of hydrogen-bond donors (Lipinski definition) is 0. The summed E-state index contributed by atoms with van der Waals surface area (Å²) in [5, 5.41) is 0. The molecule has 4 heteroatoms. The first-order chi connectivity index (χ1) is 9.70. The molecule has 0 bridgehead atoms. The maximum Gasteiger partial charge on any atom is 0.249 e. The van der Waals surface area contributed by atoms with Gasteiger partial charge < -0.3 is 9.80 Å². The highest BCUT2D eigenvalue weighted by Gasteiger charge is 2.31. The fraction of sp³-hybridized carbons (Fsp3) is 0.765. The molecule has 4 nitrogen and oxygen atoms in total. The van der Waals surface area contributed by atoms with E-state index in [1.807, 2.05) is 32.7 Å². The molecule has 1 rings (SSSR count). The monoisotopic (exact) mass is 294 g/mol. The Hall–Kier alpha value is -1.16. The van der Waals surface area contributed by atoms with Crippen LogP contribution in [-0.2, 0) is 5.41 Å². The molecule has 120 valence electrons. The summed E-state index contributed by atoms with van der Waals surface area (Å²) in [5.74, 6) is 0. The van der Waals surface area contributed by atoms with Gasteiger partial charge in [0.05, 0.1) is 5.69 Å². The summed E-state index contributed by atoms with van der Waals surface area (Å²) in [7, 11) is 4.06. The highest BCUT2D eigenvalue weighted by Crippen LogP contribution is 2.27. The summed E-state index contributed by atoms with van der Waals surface area (Å²) in [6.45, 7) is 11.2. The van der Waals surface area contributed by atoms with Gasteiger partial charge in [0.25, 0.3) is 0 Å². The first-order valence-corrected chi connectivity index (χ1v) is 7.93. The van der Waals surface area contributed by atoms with E-state index in [1.165, 1.54) is 6.42 Å². The second-order valence-electron chi connectivity index (χ2n) is 7.06. The molecule has 0 aliphatic carbocycles. The largest absolute Gasteiger partial charge is 0.371 e. The molecular formula is C17H30N2O2. The maximum atomic E-state index is 11.8. The Morgan fingerprint density at radius 2 is 1.48 bits per heavy atom. The van der Waals surface area contributed by atoms with E-state index in [4.69, 9.17) is 0 Å². The molecule has 0 aliphatic heterocycles.